The molecule has 1 amide bonds. The number of thiophene rings is 1. The van der Waals surface area contributed by atoms with Crippen LogP contribution >= 0.6 is 11.3 Å². The molecule has 1 saturated heterocycles. The average Bonchev–Trinajstić information content (AvgIpc) is 3.40. The predicted molar refractivity (Wildman–Crippen MR) is 129 cm³/mol. The lowest BCUT2D eigenvalue weighted by atomic mass is 9.70. The number of hydrogen-bond donors (Lipinski definition) is 2. The molecular formula is C24H26N6O2S. The molecule has 0 radical (unpaired) electrons. The average molecular weight is 463 g/mol. The Labute approximate surface area is 195 Å². The monoisotopic (exact) mass is 462 g/mol. The summed E-state index contributed by atoms with van der Waals surface area (Å²) in [4.78, 5) is 26.7. The Morgan fingerprint density at radius 2 is 2.21 bits per heavy atom. The largest absolute Gasteiger partial charge is 0.494 e. The van der Waals surface area contributed by atoms with Gasteiger partial charge in [-0.1, -0.05) is 6.92 Å². The number of methoxy groups -OCH3 is 1. The van der Waals surface area contributed by atoms with Crippen LogP contribution in [0.3, 0.4) is 0 Å². The van der Waals surface area contributed by atoms with Crippen molar-refractivity contribution in [2.45, 2.75) is 39.0 Å². The van der Waals surface area contributed by atoms with Gasteiger partial charge in [-0.25, -0.2) is 9.97 Å². The number of H-pyrrole nitrogens is 1. The molecule has 4 heterocycles. The van der Waals surface area contributed by atoms with E-state index >= 15 is 0 Å². The second kappa shape index (κ2) is 7.69. The van der Waals surface area contributed by atoms with Crippen LogP contribution in [0.15, 0.2) is 24.7 Å². The van der Waals surface area contributed by atoms with Crippen LogP contribution in [-0.2, 0) is 17.6 Å². The van der Waals surface area contributed by atoms with E-state index in [2.05, 4.69) is 32.4 Å². The van der Waals surface area contributed by atoms with E-state index in [-0.39, 0.29) is 5.41 Å². The standard InChI is InChI=1S/C24H26N6O2S/c1-3-24(23(31)30-7-4-8-30)6-5-15-19(11-24)33-22-20(15)21(25-13-26-22)28-17-9-14-12-27-29-16(14)10-18(17)32-2/h9-10,12-13H,3-8,11H2,1-2H3,(H,27,29)(H,25,26,28)/t24-/m1/s1. The van der Waals surface area contributed by atoms with Gasteiger partial charge >= 0.3 is 0 Å². The van der Waals surface area contributed by atoms with Crippen LogP contribution in [0.4, 0.5) is 11.5 Å². The molecule has 33 heavy (non-hydrogen) atoms. The minimum atomic E-state index is -0.287. The van der Waals surface area contributed by atoms with Gasteiger partial charge in [-0.05, 0) is 43.7 Å². The molecule has 2 aliphatic rings. The maximum Gasteiger partial charge on any atom is 0.229 e. The Morgan fingerprint density at radius 1 is 1.33 bits per heavy atom. The number of ether oxygens (including phenoxy) is 1. The van der Waals surface area contributed by atoms with Crippen molar-refractivity contribution in [1.82, 2.24) is 25.1 Å². The number of likely N-dealkylation sites (tertiary alicyclic amines) is 1. The van der Waals surface area contributed by atoms with Crippen molar-refractivity contribution in [3.63, 3.8) is 0 Å². The Bertz CT molecular complexity index is 1370. The molecule has 170 valence electrons. The second-order valence-corrected chi connectivity index (χ2v) is 10.1. The van der Waals surface area contributed by atoms with Crippen molar-refractivity contribution in [1.29, 1.82) is 0 Å². The fourth-order valence-electron chi connectivity index (χ4n) is 5.15. The van der Waals surface area contributed by atoms with E-state index in [1.807, 2.05) is 17.0 Å². The maximum absolute atomic E-state index is 13.3. The number of nitrogens with zero attached hydrogens (tertiary/aromatic N) is 4. The summed E-state index contributed by atoms with van der Waals surface area (Å²) in [5.41, 5.74) is 2.74. The number of amides is 1. The quantitative estimate of drug-likeness (QED) is 0.455. The summed E-state index contributed by atoms with van der Waals surface area (Å²) >= 11 is 1.70. The summed E-state index contributed by atoms with van der Waals surface area (Å²) in [5.74, 6) is 1.83. The lowest BCUT2D eigenvalue weighted by Gasteiger charge is -2.42. The van der Waals surface area contributed by atoms with E-state index < -0.39 is 0 Å². The highest BCUT2D eigenvalue weighted by Gasteiger charge is 2.44. The number of fused-ring (bicyclic) bond motifs is 4. The van der Waals surface area contributed by atoms with Gasteiger partial charge in [0.25, 0.3) is 0 Å². The lowest BCUT2D eigenvalue weighted by Crippen LogP contribution is -2.51. The van der Waals surface area contributed by atoms with Crippen LogP contribution in [0, 0.1) is 5.41 Å². The molecule has 1 aliphatic carbocycles. The molecule has 1 aliphatic heterocycles. The van der Waals surface area contributed by atoms with Gasteiger partial charge in [0.1, 0.15) is 22.7 Å². The first-order valence-electron chi connectivity index (χ1n) is 11.4. The molecule has 9 heteroatoms. The Balaban J connectivity index is 1.39. The molecule has 0 bridgehead atoms. The van der Waals surface area contributed by atoms with E-state index in [1.54, 1.807) is 31.0 Å². The van der Waals surface area contributed by atoms with Crippen LogP contribution in [-0.4, -0.2) is 51.2 Å². The van der Waals surface area contributed by atoms with Gasteiger partial charge in [0.15, 0.2) is 0 Å². The van der Waals surface area contributed by atoms with Crippen LogP contribution < -0.4 is 10.1 Å². The van der Waals surface area contributed by atoms with E-state index in [0.29, 0.717) is 11.7 Å². The highest BCUT2D eigenvalue weighted by Crippen LogP contribution is 2.47. The SMILES string of the molecule is CC[C@@]1(C(=O)N2CCC2)CCc2c(sc3ncnc(Nc4cc5cn[nH]c5cc4OC)c23)C1. The molecule has 6 rings (SSSR count). The molecule has 2 N–H and O–H groups in total. The molecule has 0 unspecified atom stereocenters. The topological polar surface area (TPSA) is 96.0 Å². The van der Waals surface area contributed by atoms with Crippen molar-refractivity contribution in [2.75, 3.05) is 25.5 Å². The lowest BCUT2D eigenvalue weighted by molar-refractivity contribution is -0.147. The normalized spacial score (nSPS) is 20.0. The van der Waals surface area contributed by atoms with Crippen molar-refractivity contribution >= 4 is 49.9 Å². The van der Waals surface area contributed by atoms with Crippen molar-refractivity contribution in [3.05, 3.63) is 35.1 Å². The van der Waals surface area contributed by atoms with E-state index in [1.165, 1.54) is 10.4 Å². The fourth-order valence-corrected chi connectivity index (χ4v) is 6.49. The number of carbonyl (C=O) groups is 1. The van der Waals surface area contributed by atoms with E-state index in [9.17, 15) is 4.79 Å². The Kier molecular flexibility index (Phi) is 4.76. The summed E-state index contributed by atoms with van der Waals surface area (Å²) in [5, 5.41) is 12.6. The van der Waals surface area contributed by atoms with Gasteiger partial charge in [-0.15, -0.1) is 11.3 Å². The molecule has 3 aromatic heterocycles. The molecule has 1 fully saturated rings. The van der Waals surface area contributed by atoms with Crippen molar-refractivity contribution < 1.29 is 9.53 Å². The summed E-state index contributed by atoms with van der Waals surface area (Å²) < 4.78 is 5.61. The van der Waals surface area contributed by atoms with Gasteiger partial charge in [0, 0.05) is 29.4 Å². The third-order valence-electron chi connectivity index (χ3n) is 7.31. The van der Waals surface area contributed by atoms with Gasteiger partial charge < -0.3 is 15.0 Å². The van der Waals surface area contributed by atoms with Crippen LogP contribution in [0.1, 0.15) is 36.6 Å². The van der Waals surface area contributed by atoms with Crippen LogP contribution in [0.25, 0.3) is 21.1 Å². The molecule has 8 nitrogen and oxygen atoms in total. The van der Waals surface area contributed by atoms with E-state index in [4.69, 9.17) is 4.74 Å². The minimum Gasteiger partial charge on any atom is -0.494 e. The van der Waals surface area contributed by atoms with Crippen LogP contribution in [0.5, 0.6) is 5.75 Å². The zero-order valence-electron chi connectivity index (χ0n) is 18.8. The van der Waals surface area contributed by atoms with Gasteiger partial charge in [0.05, 0.1) is 35.3 Å². The molecule has 0 spiro atoms. The summed E-state index contributed by atoms with van der Waals surface area (Å²) in [6.07, 6.45) is 7.92. The predicted octanol–water partition coefficient (Wildman–Crippen LogP) is 4.44. The number of anilines is 2. The van der Waals surface area contributed by atoms with Crippen LogP contribution in [0.2, 0.25) is 0 Å². The molecule has 1 aromatic carbocycles. The third-order valence-corrected chi connectivity index (χ3v) is 8.45. The number of benzene rings is 1. The number of hydrogen-bond acceptors (Lipinski definition) is 7. The number of carbonyl (C=O) groups excluding carboxylic acids is 1. The highest BCUT2D eigenvalue weighted by atomic mass is 32.1. The molecule has 4 aromatic rings. The zero-order chi connectivity index (χ0) is 22.6. The third kappa shape index (κ3) is 3.17. The van der Waals surface area contributed by atoms with Gasteiger partial charge in [-0.2, -0.15) is 5.10 Å². The van der Waals surface area contributed by atoms with E-state index in [0.717, 1.165) is 77.8 Å². The Hall–Kier alpha value is -3.20. The first-order valence-corrected chi connectivity index (χ1v) is 12.3. The molecule has 1 atom stereocenters. The number of aryl methyl sites for hydroxylation is 1. The number of aromatic nitrogens is 4. The number of rotatable bonds is 5. The van der Waals surface area contributed by atoms with Crippen molar-refractivity contribution in [2.24, 2.45) is 5.41 Å². The number of aromatic amines is 1. The summed E-state index contributed by atoms with van der Waals surface area (Å²) in [7, 11) is 1.66. The zero-order valence-corrected chi connectivity index (χ0v) is 19.6. The minimum absolute atomic E-state index is 0.287. The van der Waals surface area contributed by atoms with Crippen molar-refractivity contribution in [3.8, 4) is 5.75 Å². The van der Waals surface area contributed by atoms with Gasteiger partial charge in [-0.3, -0.25) is 9.89 Å². The van der Waals surface area contributed by atoms with Gasteiger partial charge in [0.2, 0.25) is 5.91 Å². The summed E-state index contributed by atoms with van der Waals surface area (Å²) in [6.45, 7) is 3.96. The second-order valence-electron chi connectivity index (χ2n) is 9.00. The smallest absolute Gasteiger partial charge is 0.229 e. The summed E-state index contributed by atoms with van der Waals surface area (Å²) in [6, 6.07) is 3.95. The fraction of sp³-hybridized carbons (Fsp3) is 0.417. The first kappa shape index (κ1) is 20.4. The molecule has 0 saturated carbocycles. The molecular weight excluding hydrogens is 436 g/mol. The Morgan fingerprint density at radius 3 is 2.97 bits per heavy atom. The number of nitrogens with one attached hydrogen (secondary N) is 2. The first-order chi connectivity index (χ1) is 16.1. The highest BCUT2D eigenvalue weighted by molar-refractivity contribution is 7.19. The maximum atomic E-state index is 13.3.